The first kappa shape index (κ1) is 29.4. The Hall–Kier alpha value is -2.58. The fourth-order valence-corrected chi connectivity index (χ4v) is 2.68. The van der Waals surface area contributed by atoms with E-state index in [1.807, 2.05) is 20.0 Å². The molecular weight excluding hydrogens is 388 g/mol. The minimum atomic E-state index is 0.915. The molecular formula is C30H46N2. The molecule has 0 bridgehead atoms. The van der Waals surface area contributed by atoms with Gasteiger partial charge in [0.25, 0.3) is 0 Å². The van der Waals surface area contributed by atoms with Crippen molar-refractivity contribution < 1.29 is 0 Å². The SMILES string of the molecule is C=C(/C=C/c1ccc(CNCCC)cc1)NC.C=C(C)c1ccc(CCC)cc1.CCC. The van der Waals surface area contributed by atoms with E-state index in [9.17, 15) is 0 Å². The molecule has 2 heteroatoms. The Labute approximate surface area is 198 Å². The third kappa shape index (κ3) is 14.4. The average molecular weight is 435 g/mol. The summed E-state index contributed by atoms with van der Waals surface area (Å²) in [6.45, 7) is 20.4. The molecule has 0 radical (unpaired) electrons. The van der Waals surface area contributed by atoms with Crippen LogP contribution < -0.4 is 10.6 Å². The number of hydrogen-bond acceptors (Lipinski definition) is 2. The second kappa shape index (κ2) is 19.1. The Morgan fingerprint density at radius 2 is 1.41 bits per heavy atom. The predicted octanol–water partition coefficient (Wildman–Crippen LogP) is 8.02. The van der Waals surface area contributed by atoms with Crippen LogP contribution in [-0.2, 0) is 13.0 Å². The Morgan fingerprint density at radius 3 is 1.88 bits per heavy atom. The fourth-order valence-electron chi connectivity index (χ4n) is 2.68. The molecule has 0 atom stereocenters. The number of aryl methyl sites for hydroxylation is 1. The molecule has 2 aromatic carbocycles. The molecule has 0 saturated carbocycles. The molecule has 2 nitrogen and oxygen atoms in total. The van der Waals surface area contributed by atoms with Gasteiger partial charge in [-0.05, 0) is 54.6 Å². The smallest absolute Gasteiger partial charge is 0.0264 e. The first-order chi connectivity index (χ1) is 15.4. The van der Waals surface area contributed by atoms with Gasteiger partial charge >= 0.3 is 0 Å². The van der Waals surface area contributed by atoms with Crippen molar-refractivity contribution in [2.24, 2.45) is 0 Å². The van der Waals surface area contributed by atoms with E-state index in [1.165, 1.54) is 47.9 Å². The summed E-state index contributed by atoms with van der Waals surface area (Å²) in [7, 11) is 1.87. The van der Waals surface area contributed by atoms with E-state index < -0.39 is 0 Å². The molecule has 0 heterocycles. The second-order valence-corrected chi connectivity index (χ2v) is 7.96. The lowest BCUT2D eigenvalue weighted by molar-refractivity contribution is 0.675. The van der Waals surface area contributed by atoms with E-state index in [1.54, 1.807) is 0 Å². The highest BCUT2D eigenvalue weighted by Crippen LogP contribution is 2.13. The molecule has 0 amide bonds. The zero-order chi connectivity index (χ0) is 24.2. The lowest BCUT2D eigenvalue weighted by Crippen LogP contribution is -2.13. The van der Waals surface area contributed by atoms with E-state index >= 15 is 0 Å². The normalized spacial score (nSPS) is 9.94. The van der Waals surface area contributed by atoms with Gasteiger partial charge in [0.1, 0.15) is 0 Å². The highest BCUT2D eigenvalue weighted by atomic mass is 14.8. The molecule has 0 fully saturated rings. The first-order valence-corrected chi connectivity index (χ1v) is 12.0. The predicted molar refractivity (Wildman–Crippen MR) is 147 cm³/mol. The monoisotopic (exact) mass is 434 g/mol. The third-order valence-corrected chi connectivity index (χ3v) is 4.52. The zero-order valence-corrected chi connectivity index (χ0v) is 21.4. The quantitative estimate of drug-likeness (QED) is 0.292. The van der Waals surface area contributed by atoms with Crippen molar-refractivity contribution in [1.29, 1.82) is 0 Å². The Bertz CT molecular complexity index is 767. The van der Waals surface area contributed by atoms with Crippen LogP contribution >= 0.6 is 0 Å². The zero-order valence-electron chi connectivity index (χ0n) is 21.4. The molecule has 2 rings (SSSR count). The van der Waals surface area contributed by atoms with Gasteiger partial charge in [-0.15, -0.1) is 0 Å². The van der Waals surface area contributed by atoms with E-state index in [4.69, 9.17) is 0 Å². The van der Waals surface area contributed by atoms with Crippen molar-refractivity contribution in [1.82, 2.24) is 10.6 Å². The minimum absolute atomic E-state index is 0.915. The van der Waals surface area contributed by atoms with Gasteiger partial charge in [-0.25, -0.2) is 0 Å². The number of allylic oxidation sites excluding steroid dienone is 2. The van der Waals surface area contributed by atoms with Crippen LogP contribution in [-0.4, -0.2) is 13.6 Å². The van der Waals surface area contributed by atoms with Crippen LogP contribution in [0.15, 0.2) is 73.5 Å². The van der Waals surface area contributed by atoms with Gasteiger partial charge in [0.05, 0.1) is 0 Å². The standard InChI is InChI=1S/C15H22N2.C12H16.C3H8/c1-4-11-17-12-15-9-7-14(8-10-15)6-5-13(2)16-3;1-4-5-11-6-8-12(9-7-11)10(2)3;1-3-2/h5-10,16-17H,2,4,11-12H2,1,3H3;6-9H,2,4-5H2,1,3H3;3H2,1-2H3/b6-5+;;. The van der Waals surface area contributed by atoms with E-state index in [0.717, 1.165) is 24.4 Å². The maximum Gasteiger partial charge on any atom is 0.0264 e. The van der Waals surface area contributed by atoms with Crippen LogP contribution in [0.3, 0.4) is 0 Å². The third-order valence-electron chi connectivity index (χ3n) is 4.52. The van der Waals surface area contributed by atoms with Crippen LogP contribution in [0.1, 0.15) is 76.1 Å². The van der Waals surface area contributed by atoms with E-state index in [0.29, 0.717) is 0 Å². The van der Waals surface area contributed by atoms with Crippen LogP contribution in [0.2, 0.25) is 0 Å². The molecule has 32 heavy (non-hydrogen) atoms. The highest BCUT2D eigenvalue weighted by Gasteiger charge is 1.94. The summed E-state index contributed by atoms with van der Waals surface area (Å²) in [6.07, 6.45) is 8.85. The van der Waals surface area contributed by atoms with Crippen molar-refractivity contribution in [3.05, 3.63) is 95.7 Å². The van der Waals surface area contributed by atoms with Gasteiger partial charge in [-0.1, -0.05) is 114 Å². The van der Waals surface area contributed by atoms with Gasteiger partial charge in [0, 0.05) is 19.3 Å². The van der Waals surface area contributed by atoms with Gasteiger partial charge in [-0.2, -0.15) is 0 Å². The first-order valence-electron chi connectivity index (χ1n) is 12.0. The van der Waals surface area contributed by atoms with Crippen LogP contribution in [0.4, 0.5) is 0 Å². The van der Waals surface area contributed by atoms with E-state index in [2.05, 4.69) is 106 Å². The van der Waals surface area contributed by atoms with E-state index in [-0.39, 0.29) is 0 Å². The van der Waals surface area contributed by atoms with Crippen molar-refractivity contribution in [3.8, 4) is 0 Å². The van der Waals surface area contributed by atoms with Gasteiger partial charge in [-0.3, -0.25) is 0 Å². The largest absolute Gasteiger partial charge is 0.389 e. The summed E-state index contributed by atoms with van der Waals surface area (Å²) in [6, 6.07) is 17.2. The molecule has 0 aliphatic carbocycles. The second-order valence-electron chi connectivity index (χ2n) is 7.96. The molecule has 0 aromatic heterocycles. The summed E-state index contributed by atoms with van der Waals surface area (Å²) >= 11 is 0. The fraction of sp³-hybridized carbons (Fsp3) is 0.400. The Morgan fingerprint density at radius 1 is 0.844 bits per heavy atom. The van der Waals surface area contributed by atoms with Crippen LogP contribution in [0.25, 0.3) is 11.6 Å². The molecule has 2 aromatic rings. The summed E-state index contributed by atoms with van der Waals surface area (Å²) in [4.78, 5) is 0. The summed E-state index contributed by atoms with van der Waals surface area (Å²) in [5.74, 6) is 0. The average Bonchev–Trinajstić information content (AvgIpc) is 2.80. The molecule has 0 aliphatic heterocycles. The number of nitrogens with one attached hydrogen (secondary N) is 2. The van der Waals surface area contributed by atoms with Gasteiger partial charge in [0.2, 0.25) is 0 Å². The number of benzene rings is 2. The number of rotatable bonds is 10. The molecule has 0 spiro atoms. The Balaban J connectivity index is 0.000000559. The number of likely N-dealkylation sites (N-methyl/N-ethyl adjacent to an activating group) is 1. The maximum atomic E-state index is 3.90. The van der Waals surface area contributed by atoms with Gasteiger partial charge in [0.15, 0.2) is 0 Å². The summed E-state index contributed by atoms with van der Waals surface area (Å²) in [5, 5.41) is 6.38. The van der Waals surface area contributed by atoms with Crippen molar-refractivity contribution in [2.75, 3.05) is 13.6 Å². The molecule has 0 unspecified atom stereocenters. The Kier molecular flexibility index (Phi) is 17.6. The number of hydrogen-bond donors (Lipinski definition) is 2. The van der Waals surface area contributed by atoms with Crippen molar-refractivity contribution >= 4 is 11.6 Å². The van der Waals surface area contributed by atoms with Crippen molar-refractivity contribution in [3.63, 3.8) is 0 Å². The minimum Gasteiger partial charge on any atom is -0.389 e. The van der Waals surface area contributed by atoms with Crippen LogP contribution in [0, 0.1) is 0 Å². The molecule has 0 saturated heterocycles. The van der Waals surface area contributed by atoms with Gasteiger partial charge < -0.3 is 10.6 Å². The summed E-state index contributed by atoms with van der Waals surface area (Å²) < 4.78 is 0. The topological polar surface area (TPSA) is 24.1 Å². The summed E-state index contributed by atoms with van der Waals surface area (Å²) in [5.41, 5.74) is 7.23. The van der Waals surface area contributed by atoms with Crippen molar-refractivity contribution in [2.45, 2.75) is 66.8 Å². The lowest BCUT2D eigenvalue weighted by atomic mass is 10.0. The maximum absolute atomic E-state index is 3.90. The lowest BCUT2D eigenvalue weighted by Gasteiger charge is -2.03. The molecule has 0 aliphatic rings. The van der Waals surface area contributed by atoms with Crippen LogP contribution in [0.5, 0.6) is 0 Å². The molecule has 176 valence electrons. The highest BCUT2D eigenvalue weighted by molar-refractivity contribution is 5.61. The molecule has 2 N–H and O–H groups in total.